The third-order valence-electron chi connectivity index (χ3n) is 5.78. The lowest BCUT2D eigenvalue weighted by Gasteiger charge is -2.07. The van der Waals surface area contributed by atoms with Gasteiger partial charge in [0.15, 0.2) is 0 Å². The van der Waals surface area contributed by atoms with Crippen LogP contribution in [0, 0.1) is 0 Å². The number of ether oxygens (including phenoxy) is 2. The molecule has 0 aliphatic rings. The standard InChI is InChI=1S/C28H48O3/c1-3-5-6-7-8-9-10-11-12-13-14-15-16-17-18-19-28(29)31-25-26-20-22-27(23-21-26)30-24-4-2/h20-23H,3-19,24-25H2,1-2H3. The molecule has 1 aromatic rings. The molecule has 178 valence electrons. The predicted octanol–water partition coefficient (Wildman–Crippen LogP) is 8.78. The molecule has 0 fully saturated rings. The van der Waals surface area contributed by atoms with E-state index >= 15 is 0 Å². The molecule has 0 saturated heterocycles. The topological polar surface area (TPSA) is 35.5 Å². The molecule has 3 nitrogen and oxygen atoms in total. The Bertz CT molecular complexity index is 524. The van der Waals surface area contributed by atoms with Crippen molar-refractivity contribution >= 4 is 5.97 Å². The quantitative estimate of drug-likeness (QED) is 0.144. The summed E-state index contributed by atoms with van der Waals surface area (Å²) in [6.45, 7) is 5.45. The van der Waals surface area contributed by atoms with Gasteiger partial charge in [-0.15, -0.1) is 0 Å². The molecule has 0 saturated carbocycles. The average Bonchev–Trinajstić information content (AvgIpc) is 2.79. The number of hydrogen-bond donors (Lipinski definition) is 0. The molecule has 0 radical (unpaired) electrons. The fourth-order valence-electron chi connectivity index (χ4n) is 3.78. The highest BCUT2D eigenvalue weighted by atomic mass is 16.5. The zero-order chi connectivity index (χ0) is 22.4. The Hall–Kier alpha value is -1.51. The van der Waals surface area contributed by atoms with Crippen molar-refractivity contribution in [3.05, 3.63) is 29.8 Å². The van der Waals surface area contributed by atoms with Crippen molar-refractivity contribution in [2.24, 2.45) is 0 Å². The van der Waals surface area contributed by atoms with E-state index in [-0.39, 0.29) is 5.97 Å². The van der Waals surface area contributed by atoms with Crippen molar-refractivity contribution in [1.82, 2.24) is 0 Å². The maximum absolute atomic E-state index is 11.9. The van der Waals surface area contributed by atoms with E-state index in [2.05, 4.69) is 13.8 Å². The van der Waals surface area contributed by atoms with E-state index < -0.39 is 0 Å². The van der Waals surface area contributed by atoms with Crippen LogP contribution in [0.25, 0.3) is 0 Å². The highest BCUT2D eigenvalue weighted by molar-refractivity contribution is 5.69. The maximum atomic E-state index is 11.9. The first-order valence-electron chi connectivity index (χ1n) is 13.1. The summed E-state index contributed by atoms with van der Waals surface area (Å²) in [5.74, 6) is 0.788. The smallest absolute Gasteiger partial charge is 0.306 e. The molecule has 1 aromatic carbocycles. The average molecular weight is 433 g/mol. The summed E-state index contributed by atoms with van der Waals surface area (Å²) in [6, 6.07) is 7.80. The Morgan fingerprint density at radius 1 is 0.645 bits per heavy atom. The molecule has 31 heavy (non-hydrogen) atoms. The fraction of sp³-hybridized carbons (Fsp3) is 0.750. The zero-order valence-corrected chi connectivity index (χ0v) is 20.5. The Labute approximate surface area is 192 Å². The molecular formula is C28H48O3. The Morgan fingerprint density at radius 2 is 1.13 bits per heavy atom. The van der Waals surface area contributed by atoms with Crippen LogP contribution in [0.3, 0.4) is 0 Å². The van der Waals surface area contributed by atoms with E-state index in [1.165, 1.54) is 83.5 Å². The first-order valence-corrected chi connectivity index (χ1v) is 13.1. The number of hydrogen-bond acceptors (Lipinski definition) is 3. The zero-order valence-electron chi connectivity index (χ0n) is 20.5. The van der Waals surface area contributed by atoms with Crippen molar-refractivity contribution in [3.63, 3.8) is 0 Å². The summed E-state index contributed by atoms with van der Waals surface area (Å²) in [4.78, 5) is 11.9. The minimum absolute atomic E-state index is 0.0824. The van der Waals surface area contributed by atoms with Crippen LogP contribution in [0.15, 0.2) is 24.3 Å². The number of rotatable bonds is 21. The lowest BCUT2D eigenvalue weighted by atomic mass is 10.0. The molecule has 0 bridgehead atoms. The lowest BCUT2D eigenvalue weighted by Crippen LogP contribution is -2.04. The molecular weight excluding hydrogens is 384 g/mol. The summed E-state index contributed by atoms with van der Waals surface area (Å²) < 4.78 is 11.0. The van der Waals surface area contributed by atoms with Crippen molar-refractivity contribution in [1.29, 1.82) is 0 Å². The Morgan fingerprint density at radius 3 is 1.61 bits per heavy atom. The van der Waals surface area contributed by atoms with Crippen LogP contribution >= 0.6 is 0 Å². The van der Waals surface area contributed by atoms with Gasteiger partial charge in [-0.25, -0.2) is 0 Å². The van der Waals surface area contributed by atoms with Gasteiger partial charge in [-0.05, 0) is 30.5 Å². The lowest BCUT2D eigenvalue weighted by molar-refractivity contribution is -0.145. The molecule has 0 N–H and O–H groups in total. The number of esters is 1. The number of benzene rings is 1. The molecule has 0 spiro atoms. The SMILES string of the molecule is CCCCCCCCCCCCCCCCCC(=O)OCc1ccc(OCCC)cc1. The van der Waals surface area contributed by atoms with Gasteiger partial charge < -0.3 is 9.47 Å². The van der Waals surface area contributed by atoms with Gasteiger partial charge in [0.2, 0.25) is 0 Å². The molecule has 0 unspecified atom stereocenters. The third kappa shape index (κ3) is 16.8. The van der Waals surface area contributed by atoms with Crippen LogP contribution in [0.4, 0.5) is 0 Å². The second-order valence-corrected chi connectivity index (χ2v) is 8.85. The van der Waals surface area contributed by atoms with Gasteiger partial charge in [0.25, 0.3) is 0 Å². The number of unbranched alkanes of at least 4 members (excludes halogenated alkanes) is 14. The second-order valence-electron chi connectivity index (χ2n) is 8.85. The third-order valence-corrected chi connectivity index (χ3v) is 5.78. The van der Waals surface area contributed by atoms with E-state index in [1.807, 2.05) is 24.3 Å². The van der Waals surface area contributed by atoms with E-state index in [4.69, 9.17) is 9.47 Å². The van der Waals surface area contributed by atoms with Gasteiger partial charge in [0, 0.05) is 6.42 Å². The monoisotopic (exact) mass is 432 g/mol. The van der Waals surface area contributed by atoms with E-state index in [0.29, 0.717) is 13.0 Å². The normalized spacial score (nSPS) is 10.9. The molecule has 0 aliphatic carbocycles. The number of carbonyl (C=O) groups is 1. The van der Waals surface area contributed by atoms with Crippen LogP contribution in [-0.4, -0.2) is 12.6 Å². The molecule has 0 aromatic heterocycles. The Kier molecular flexibility index (Phi) is 18.1. The Balaban J connectivity index is 1.86. The highest BCUT2D eigenvalue weighted by Crippen LogP contribution is 2.15. The molecule has 0 heterocycles. The van der Waals surface area contributed by atoms with Crippen molar-refractivity contribution < 1.29 is 14.3 Å². The van der Waals surface area contributed by atoms with Crippen molar-refractivity contribution in [2.75, 3.05) is 6.61 Å². The van der Waals surface area contributed by atoms with Crippen molar-refractivity contribution in [3.8, 4) is 5.75 Å². The van der Waals surface area contributed by atoms with E-state index in [1.54, 1.807) is 0 Å². The molecule has 3 heteroatoms. The van der Waals surface area contributed by atoms with Crippen molar-refractivity contribution in [2.45, 2.75) is 130 Å². The van der Waals surface area contributed by atoms with Gasteiger partial charge in [-0.3, -0.25) is 4.79 Å². The van der Waals surface area contributed by atoms with Crippen LogP contribution in [-0.2, 0) is 16.1 Å². The first kappa shape index (κ1) is 27.5. The van der Waals surface area contributed by atoms with Crippen LogP contribution in [0.5, 0.6) is 5.75 Å². The largest absolute Gasteiger partial charge is 0.494 e. The predicted molar refractivity (Wildman–Crippen MR) is 132 cm³/mol. The van der Waals surface area contributed by atoms with Gasteiger partial charge in [-0.2, -0.15) is 0 Å². The molecule has 0 amide bonds. The molecule has 0 atom stereocenters. The van der Waals surface area contributed by atoms with Crippen LogP contribution in [0.1, 0.15) is 129 Å². The van der Waals surface area contributed by atoms with Gasteiger partial charge >= 0.3 is 5.97 Å². The van der Waals surface area contributed by atoms with Gasteiger partial charge in [0.05, 0.1) is 6.61 Å². The van der Waals surface area contributed by atoms with Gasteiger partial charge in [0.1, 0.15) is 12.4 Å². The van der Waals surface area contributed by atoms with Crippen LogP contribution < -0.4 is 4.74 Å². The van der Waals surface area contributed by atoms with E-state index in [9.17, 15) is 4.79 Å². The maximum Gasteiger partial charge on any atom is 0.306 e. The van der Waals surface area contributed by atoms with Crippen LogP contribution in [0.2, 0.25) is 0 Å². The number of carbonyl (C=O) groups excluding carboxylic acids is 1. The minimum Gasteiger partial charge on any atom is -0.494 e. The summed E-state index contributed by atoms with van der Waals surface area (Å²) in [5.41, 5.74) is 1.01. The fourth-order valence-corrected chi connectivity index (χ4v) is 3.78. The summed E-state index contributed by atoms with van der Waals surface area (Å²) in [5, 5.41) is 0. The minimum atomic E-state index is -0.0824. The molecule has 1 rings (SSSR count). The molecule has 0 aliphatic heterocycles. The summed E-state index contributed by atoms with van der Waals surface area (Å²) >= 11 is 0. The summed E-state index contributed by atoms with van der Waals surface area (Å²) in [6.07, 6.45) is 21.6. The first-order chi connectivity index (χ1) is 15.3. The van der Waals surface area contributed by atoms with Gasteiger partial charge in [-0.1, -0.05) is 116 Å². The summed E-state index contributed by atoms with van der Waals surface area (Å²) in [7, 11) is 0. The second kappa shape index (κ2) is 20.4. The van der Waals surface area contributed by atoms with E-state index in [0.717, 1.165) is 37.2 Å². The highest BCUT2D eigenvalue weighted by Gasteiger charge is 2.04.